The maximum absolute atomic E-state index is 13.9. The van der Waals surface area contributed by atoms with Gasteiger partial charge in [0.15, 0.2) is 11.6 Å². The van der Waals surface area contributed by atoms with Gasteiger partial charge in [-0.2, -0.15) is 8.78 Å². The molecule has 0 saturated heterocycles. The first-order chi connectivity index (χ1) is 10.9. The molecule has 0 spiro atoms. The molecule has 0 aliphatic carbocycles. The molecule has 120 valence electrons. The summed E-state index contributed by atoms with van der Waals surface area (Å²) in [6.45, 7) is 1.43. The molecule has 1 N–H and O–H groups in total. The van der Waals surface area contributed by atoms with Crippen molar-refractivity contribution in [1.82, 2.24) is 0 Å². The monoisotopic (exact) mass is 326 g/mol. The second-order valence-corrected chi connectivity index (χ2v) is 4.43. The summed E-state index contributed by atoms with van der Waals surface area (Å²) in [4.78, 5) is 10.7. The molecule has 23 heavy (non-hydrogen) atoms. The van der Waals surface area contributed by atoms with Crippen molar-refractivity contribution in [3.05, 3.63) is 64.7 Å². The molecular weight excluding hydrogens is 316 g/mol. The van der Waals surface area contributed by atoms with Crippen molar-refractivity contribution in [2.75, 3.05) is 0 Å². The second-order valence-electron chi connectivity index (χ2n) is 4.43. The number of hydrogen-bond acceptors (Lipinski definition) is 2. The Kier molecular flexibility index (Phi) is 4.68. The molecule has 0 aromatic heterocycles. The zero-order chi connectivity index (χ0) is 17.1. The van der Waals surface area contributed by atoms with Crippen LogP contribution in [0.1, 0.15) is 22.8 Å². The summed E-state index contributed by atoms with van der Waals surface area (Å²) in [6.07, 6.45) is 2.12. The molecule has 0 saturated carbocycles. The minimum Gasteiger partial charge on any atom is -0.478 e. The van der Waals surface area contributed by atoms with Crippen LogP contribution in [0.2, 0.25) is 0 Å². The summed E-state index contributed by atoms with van der Waals surface area (Å²) in [7, 11) is 0. The van der Waals surface area contributed by atoms with Gasteiger partial charge in [0.05, 0.1) is 11.1 Å². The lowest BCUT2D eigenvalue weighted by Crippen LogP contribution is -2.03. The molecule has 7 heteroatoms. The Bertz CT molecular complexity index is 754. The van der Waals surface area contributed by atoms with Crippen molar-refractivity contribution >= 4 is 12.0 Å². The Hall–Kier alpha value is -2.83. The second kappa shape index (κ2) is 6.51. The first-order valence-electron chi connectivity index (χ1n) is 6.36. The Labute approximate surface area is 128 Å². The number of aromatic carboxylic acids is 1. The zero-order valence-corrected chi connectivity index (χ0v) is 11.7. The van der Waals surface area contributed by atoms with Gasteiger partial charge in [-0.15, -0.1) is 0 Å². The largest absolute Gasteiger partial charge is 0.478 e. The smallest absolute Gasteiger partial charge is 0.335 e. The van der Waals surface area contributed by atoms with Gasteiger partial charge in [-0.3, -0.25) is 0 Å². The molecule has 0 heterocycles. The number of carboxylic acid groups (broad SMARTS) is 1. The summed E-state index contributed by atoms with van der Waals surface area (Å²) >= 11 is 0. The fourth-order valence-corrected chi connectivity index (χ4v) is 1.81. The minimum atomic E-state index is -1.68. The zero-order valence-electron chi connectivity index (χ0n) is 11.7. The van der Waals surface area contributed by atoms with Crippen molar-refractivity contribution in [2.45, 2.75) is 6.92 Å². The van der Waals surface area contributed by atoms with Crippen molar-refractivity contribution in [3.63, 3.8) is 0 Å². The van der Waals surface area contributed by atoms with Gasteiger partial charge in [0.25, 0.3) is 0 Å². The van der Waals surface area contributed by atoms with Gasteiger partial charge in [-0.05, 0) is 31.2 Å². The number of halogens is 4. The van der Waals surface area contributed by atoms with Crippen LogP contribution in [-0.4, -0.2) is 11.1 Å². The predicted octanol–water partition coefficient (Wildman–Crippen LogP) is 4.77. The van der Waals surface area contributed by atoms with Crippen LogP contribution in [0.25, 0.3) is 6.08 Å². The Morgan fingerprint density at radius 2 is 1.52 bits per heavy atom. The van der Waals surface area contributed by atoms with Crippen molar-refractivity contribution < 1.29 is 32.2 Å². The molecular formula is C16H10F4O3. The molecule has 0 bridgehead atoms. The van der Waals surface area contributed by atoms with Gasteiger partial charge < -0.3 is 9.84 Å². The predicted molar refractivity (Wildman–Crippen MR) is 74.5 cm³/mol. The number of allylic oxidation sites excluding steroid dienone is 1. The SMILES string of the molecule is C/C=C/c1c(F)c(F)c(Oc2ccc(C(=O)O)cc2)c(F)c1F. The molecule has 0 fully saturated rings. The fourth-order valence-electron chi connectivity index (χ4n) is 1.81. The molecule has 0 unspecified atom stereocenters. The molecule has 0 aliphatic rings. The van der Waals surface area contributed by atoms with Gasteiger partial charge in [-0.25, -0.2) is 13.6 Å². The number of rotatable bonds is 4. The van der Waals surface area contributed by atoms with Crippen molar-refractivity contribution in [1.29, 1.82) is 0 Å². The van der Waals surface area contributed by atoms with Crippen LogP contribution in [0.4, 0.5) is 17.6 Å². The third-order valence-corrected chi connectivity index (χ3v) is 2.91. The number of carbonyl (C=O) groups is 1. The van der Waals surface area contributed by atoms with Crippen LogP contribution in [0, 0.1) is 23.3 Å². The first kappa shape index (κ1) is 16.5. The lowest BCUT2D eigenvalue weighted by atomic mass is 10.1. The summed E-state index contributed by atoms with van der Waals surface area (Å²) in [5.41, 5.74) is -0.935. The molecule has 3 nitrogen and oxygen atoms in total. The number of benzene rings is 2. The molecule has 2 aromatic rings. The van der Waals surface area contributed by atoms with Gasteiger partial charge in [0.2, 0.25) is 17.4 Å². The van der Waals surface area contributed by atoms with E-state index in [1.807, 2.05) is 0 Å². The quantitative estimate of drug-likeness (QED) is 0.650. The van der Waals surface area contributed by atoms with E-state index >= 15 is 0 Å². The Morgan fingerprint density at radius 3 is 1.96 bits per heavy atom. The number of ether oxygens (including phenoxy) is 1. The van der Waals surface area contributed by atoms with Gasteiger partial charge in [-0.1, -0.05) is 12.2 Å². The third kappa shape index (κ3) is 3.18. The van der Waals surface area contributed by atoms with E-state index in [2.05, 4.69) is 0 Å². The lowest BCUT2D eigenvalue weighted by Gasteiger charge is -2.11. The molecule has 0 atom stereocenters. The molecule has 0 amide bonds. The topological polar surface area (TPSA) is 46.5 Å². The van der Waals surface area contributed by atoms with E-state index in [-0.39, 0.29) is 11.3 Å². The summed E-state index contributed by atoms with van der Waals surface area (Å²) in [6, 6.07) is 4.46. The average Bonchev–Trinajstić information content (AvgIpc) is 2.54. The highest BCUT2D eigenvalue weighted by atomic mass is 19.2. The maximum atomic E-state index is 13.9. The highest BCUT2D eigenvalue weighted by molar-refractivity contribution is 5.87. The summed E-state index contributed by atoms with van der Waals surface area (Å²) < 4.78 is 60.1. The lowest BCUT2D eigenvalue weighted by molar-refractivity contribution is 0.0697. The molecule has 2 rings (SSSR count). The van der Waals surface area contributed by atoms with E-state index in [4.69, 9.17) is 9.84 Å². The normalized spacial score (nSPS) is 11.0. The van der Waals surface area contributed by atoms with Crippen LogP contribution in [0.15, 0.2) is 30.3 Å². The van der Waals surface area contributed by atoms with Crippen molar-refractivity contribution in [3.8, 4) is 11.5 Å². The van der Waals surface area contributed by atoms with Crippen LogP contribution >= 0.6 is 0 Å². The molecule has 0 aliphatic heterocycles. The molecule has 2 aromatic carbocycles. The molecule has 0 radical (unpaired) electrons. The minimum absolute atomic E-state index is 0.0842. The highest BCUT2D eigenvalue weighted by Gasteiger charge is 2.25. The third-order valence-electron chi connectivity index (χ3n) is 2.91. The van der Waals surface area contributed by atoms with Gasteiger partial charge >= 0.3 is 5.97 Å². The van der Waals surface area contributed by atoms with E-state index in [1.54, 1.807) is 0 Å². The van der Waals surface area contributed by atoms with Crippen LogP contribution in [0.5, 0.6) is 11.5 Å². The van der Waals surface area contributed by atoms with E-state index in [1.165, 1.54) is 13.0 Å². The Balaban J connectivity index is 2.46. The van der Waals surface area contributed by atoms with Crippen LogP contribution < -0.4 is 4.74 Å². The number of hydrogen-bond donors (Lipinski definition) is 1. The van der Waals surface area contributed by atoms with E-state index < -0.39 is 40.6 Å². The average molecular weight is 326 g/mol. The number of carboxylic acids is 1. The van der Waals surface area contributed by atoms with E-state index in [0.29, 0.717) is 0 Å². The van der Waals surface area contributed by atoms with Gasteiger partial charge in [0.1, 0.15) is 5.75 Å². The summed E-state index contributed by atoms with van der Waals surface area (Å²) in [5.74, 6) is -9.15. The highest BCUT2D eigenvalue weighted by Crippen LogP contribution is 2.33. The maximum Gasteiger partial charge on any atom is 0.335 e. The first-order valence-corrected chi connectivity index (χ1v) is 6.36. The van der Waals surface area contributed by atoms with E-state index in [9.17, 15) is 22.4 Å². The summed E-state index contributed by atoms with van der Waals surface area (Å²) in [5, 5.41) is 8.74. The van der Waals surface area contributed by atoms with Gasteiger partial charge in [0, 0.05) is 0 Å². The standard InChI is InChI=1S/C16H10F4O3/c1-2-3-10-11(17)13(19)15(14(20)12(10)18)23-9-6-4-8(5-7-9)16(21)22/h2-7H,1H3,(H,21,22)/b3-2+. The van der Waals surface area contributed by atoms with Crippen LogP contribution in [-0.2, 0) is 0 Å². The Morgan fingerprint density at radius 1 is 1.00 bits per heavy atom. The fraction of sp³-hybridized carbons (Fsp3) is 0.0625. The van der Waals surface area contributed by atoms with E-state index in [0.717, 1.165) is 30.3 Å². The van der Waals surface area contributed by atoms with Crippen LogP contribution in [0.3, 0.4) is 0 Å². The van der Waals surface area contributed by atoms with Crippen molar-refractivity contribution in [2.24, 2.45) is 0 Å².